The summed E-state index contributed by atoms with van der Waals surface area (Å²) in [4.78, 5) is 39.4. The van der Waals surface area contributed by atoms with Crippen molar-refractivity contribution in [3.63, 3.8) is 0 Å². The predicted octanol–water partition coefficient (Wildman–Crippen LogP) is 4.99. The van der Waals surface area contributed by atoms with Crippen LogP contribution in [-0.4, -0.2) is 61.2 Å². The molecule has 6 aromatic rings. The van der Waals surface area contributed by atoms with E-state index in [4.69, 9.17) is 0 Å². The Morgan fingerprint density at radius 2 is 1.93 bits per heavy atom. The number of nitrogens with zero attached hydrogens (tertiary/aromatic N) is 5. The number of hydrogen-bond donors (Lipinski definition) is 3. The summed E-state index contributed by atoms with van der Waals surface area (Å²) in [7, 11) is 7.29. The number of aromatic nitrogens is 5. The molecule has 3 N–H and O–H groups in total. The zero-order valence-electron chi connectivity index (χ0n) is 23.8. The molecule has 5 heterocycles. The Morgan fingerprint density at radius 3 is 2.65 bits per heavy atom. The van der Waals surface area contributed by atoms with Crippen molar-refractivity contribution in [2.45, 2.75) is 18.9 Å². The smallest absolute Gasteiger partial charge is 0.341 e. The number of hydrogen-bond acceptors (Lipinski definition) is 6. The lowest BCUT2D eigenvalue weighted by molar-refractivity contribution is 0.0695. The van der Waals surface area contributed by atoms with Crippen molar-refractivity contribution in [1.29, 1.82) is 0 Å². The maximum atomic E-state index is 15.7. The Kier molecular flexibility index (Phi) is 5.89. The summed E-state index contributed by atoms with van der Waals surface area (Å²) in [6.07, 6.45) is 10.3. The van der Waals surface area contributed by atoms with Crippen molar-refractivity contribution in [3.05, 3.63) is 81.7 Å². The van der Waals surface area contributed by atoms with Gasteiger partial charge in [0.05, 0.1) is 33.1 Å². The molecule has 0 amide bonds. The van der Waals surface area contributed by atoms with E-state index in [0.717, 1.165) is 30.0 Å². The minimum atomic E-state index is -1.34. The molecular formula is C31H27F2N7O3. The Bertz CT molecular complexity index is 2210. The Hall–Kier alpha value is -5.10. The van der Waals surface area contributed by atoms with Gasteiger partial charge in [-0.25, -0.2) is 23.5 Å². The largest absolute Gasteiger partial charge is 0.477 e. The normalized spacial score (nSPS) is 14.8. The van der Waals surface area contributed by atoms with Crippen molar-refractivity contribution in [1.82, 2.24) is 29.0 Å². The molecule has 7 rings (SSSR count). The van der Waals surface area contributed by atoms with E-state index >= 15 is 4.39 Å². The van der Waals surface area contributed by atoms with Crippen LogP contribution in [0.1, 0.15) is 33.9 Å². The molecule has 1 aliphatic rings. The second-order valence-corrected chi connectivity index (χ2v) is 11.1. The molecule has 0 aliphatic heterocycles. The van der Waals surface area contributed by atoms with Crippen molar-refractivity contribution >= 4 is 44.6 Å². The number of aryl methyl sites for hydroxylation is 2. The number of fused-ring (bicyclic) bond motifs is 5. The number of anilines is 1. The fraction of sp³-hybridized carbons (Fsp3) is 0.226. The van der Waals surface area contributed by atoms with Gasteiger partial charge in [0, 0.05) is 68.3 Å². The van der Waals surface area contributed by atoms with E-state index in [1.54, 1.807) is 32.6 Å². The molecule has 0 fully saturated rings. The van der Waals surface area contributed by atoms with Gasteiger partial charge in [0.15, 0.2) is 11.6 Å². The molecule has 10 nitrogen and oxygen atoms in total. The molecule has 1 aromatic carbocycles. The van der Waals surface area contributed by atoms with Gasteiger partial charge >= 0.3 is 5.97 Å². The van der Waals surface area contributed by atoms with Crippen LogP contribution in [0.15, 0.2) is 47.9 Å². The van der Waals surface area contributed by atoms with Crippen LogP contribution in [0.4, 0.5) is 14.5 Å². The fourth-order valence-corrected chi connectivity index (χ4v) is 6.42. The van der Waals surface area contributed by atoms with Crippen LogP contribution in [-0.2, 0) is 13.5 Å². The minimum Gasteiger partial charge on any atom is -0.477 e. The quantitative estimate of drug-likeness (QED) is 0.262. The van der Waals surface area contributed by atoms with Crippen LogP contribution in [0.5, 0.6) is 0 Å². The van der Waals surface area contributed by atoms with E-state index in [9.17, 15) is 19.1 Å². The van der Waals surface area contributed by atoms with Crippen LogP contribution < -0.4 is 10.7 Å². The molecule has 0 bridgehead atoms. The van der Waals surface area contributed by atoms with E-state index in [1.165, 1.54) is 10.8 Å². The van der Waals surface area contributed by atoms with E-state index in [2.05, 4.69) is 25.2 Å². The van der Waals surface area contributed by atoms with Gasteiger partial charge in [0.1, 0.15) is 16.9 Å². The van der Waals surface area contributed by atoms with Gasteiger partial charge in [0.2, 0.25) is 5.43 Å². The first-order chi connectivity index (χ1) is 20.6. The fourth-order valence-electron chi connectivity index (χ4n) is 6.42. The number of aromatic amines is 1. The maximum absolute atomic E-state index is 15.7. The van der Waals surface area contributed by atoms with Gasteiger partial charge in [-0.05, 0) is 44.1 Å². The van der Waals surface area contributed by atoms with E-state index in [0.29, 0.717) is 44.7 Å². The van der Waals surface area contributed by atoms with Gasteiger partial charge in [0.25, 0.3) is 0 Å². The summed E-state index contributed by atoms with van der Waals surface area (Å²) in [6, 6.07) is 2.88. The highest BCUT2D eigenvalue weighted by Crippen LogP contribution is 2.43. The summed E-state index contributed by atoms with van der Waals surface area (Å²) in [5.41, 5.74) is 4.14. The summed E-state index contributed by atoms with van der Waals surface area (Å²) in [5.74, 6) is -3.36. The highest BCUT2D eigenvalue weighted by atomic mass is 19.2. The Morgan fingerprint density at radius 1 is 1.14 bits per heavy atom. The SMILES string of the molecule is CNc1cc(F)c(F)c2c1[nH]c1ncc(-c3cnc4c(c3)c(=O)c(C(=O)O)cn4C)c(-n3cc4c(c3)[C@H](N(C)C)CC4)c12. The predicted molar refractivity (Wildman–Crippen MR) is 160 cm³/mol. The van der Waals surface area contributed by atoms with E-state index in [-0.39, 0.29) is 22.4 Å². The topological polar surface area (TPSA) is 121 Å². The number of pyridine rings is 3. The van der Waals surface area contributed by atoms with Crippen LogP contribution >= 0.6 is 0 Å². The van der Waals surface area contributed by atoms with Crippen LogP contribution in [0.3, 0.4) is 0 Å². The molecule has 43 heavy (non-hydrogen) atoms. The van der Waals surface area contributed by atoms with Crippen LogP contribution in [0, 0.1) is 11.6 Å². The molecular weight excluding hydrogens is 556 g/mol. The zero-order chi connectivity index (χ0) is 30.3. The number of aromatic carboxylic acids is 1. The van der Waals surface area contributed by atoms with Crippen LogP contribution in [0.25, 0.3) is 49.8 Å². The van der Waals surface area contributed by atoms with Gasteiger partial charge in [-0.2, -0.15) is 0 Å². The first-order valence-electron chi connectivity index (χ1n) is 13.7. The summed E-state index contributed by atoms with van der Waals surface area (Å²) >= 11 is 0. The summed E-state index contributed by atoms with van der Waals surface area (Å²) in [5, 5.41) is 13.1. The Balaban J connectivity index is 1.60. The molecule has 0 spiro atoms. The molecule has 1 aliphatic carbocycles. The lowest BCUT2D eigenvalue weighted by Crippen LogP contribution is -2.18. The third kappa shape index (κ3) is 3.86. The first-order valence-corrected chi connectivity index (χ1v) is 13.7. The van der Waals surface area contributed by atoms with Crippen LogP contribution in [0.2, 0.25) is 0 Å². The molecule has 5 aromatic heterocycles. The third-order valence-electron chi connectivity index (χ3n) is 8.46. The second-order valence-electron chi connectivity index (χ2n) is 11.1. The maximum Gasteiger partial charge on any atom is 0.341 e. The number of carboxylic acid groups (broad SMARTS) is 1. The number of benzene rings is 1. The van der Waals surface area contributed by atoms with Gasteiger partial charge in [-0.1, -0.05) is 0 Å². The molecule has 0 saturated heterocycles. The monoisotopic (exact) mass is 583 g/mol. The zero-order valence-corrected chi connectivity index (χ0v) is 23.8. The van der Waals surface area contributed by atoms with Crippen molar-refractivity contribution in [3.8, 4) is 16.8 Å². The van der Waals surface area contributed by atoms with Gasteiger partial charge in [-0.3, -0.25) is 4.79 Å². The van der Waals surface area contributed by atoms with Crippen molar-refractivity contribution < 1.29 is 18.7 Å². The van der Waals surface area contributed by atoms with Crippen molar-refractivity contribution in [2.75, 3.05) is 26.5 Å². The standard InChI is InChI=1S/C31H27F2N7O3/c1-34-21-8-20(32)25(33)23-24-27(40-11-14-5-6-22(38(2)3)18(14)13-40)17(10-35-29(24)37-26(21)23)15-7-16-28(41)19(31(42)43)12-39(4)30(16)36-9-15/h7-13,22,34H,5-6H2,1-4H3,(H,35,37)(H,42,43)/t22-/m1/s1. The second kappa shape index (κ2) is 9.46. The van der Waals surface area contributed by atoms with Gasteiger partial charge < -0.3 is 29.4 Å². The number of carbonyl (C=O) groups is 1. The minimum absolute atomic E-state index is 0.0412. The van der Waals surface area contributed by atoms with Crippen molar-refractivity contribution in [2.24, 2.45) is 7.05 Å². The third-order valence-corrected chi connectivity index (χ3v) is 8.46. The average Bonchev–Trinajstić information content (AvgIpc) is 3.68. The highest BCUT2D eigenvalue weighted by molar-refractivity contribution is 6.15. The lowest BCUT2D eigenvalue weighted by atomic mass is 10.0. The molecule has 1 atom stereocenters. The molecule has 12 heteroatoms. The number of nitrogens with one attached hydrogen (secondary N) is 2. The van der Waals surface area contributed by atoms with Gasteiger partial charge in [-0.15, -0.1) is 0 Å². The lowest BCUT2D eigenvalue weighted by Gasteiger charge is -2.19. The summed E-state index contributed by atoms with van der Waals surface area (Å²) in [6.45, 7) is 0. The Labute approximate surface area is 243 Å². The van der Waals surface area contributed by atoms with E-state index in [1.807, 2.05) is 31.1 Å². The molecule has 0 unspecified atom stereocenters. The average molecular weight is 584 g/mol. The number of rotatable bonds is 5. The number of carboxylic acids is 1. The number of halogens is 2. The van der Waals surface area contributed by atoms with E-state index < -0.39 is 23.0 Å². The molecule has 0 radical (unpaired) electrons. The number of H-pyrrole nitrogens is 1. The first kappa shape index (κ1) is 26.8. The highest BCUT2D eigenvalue weighted by Gasteiger charge is 2.29. The molecule has 0 saturated carbocycles. The summed E-state index contributed by atoms with van der Waals surface area (Å²) < 4.78 is 34.0. The molecule has 218 valence electrons.